The fraction of sp³-hybridized carbons (Fsp3) is 0.278. The van der Waals surface area contributed by atoms with Crippen molar-refractivity contribution in [1.29, 1.82) is 0 Å². The minimum atomic E-state index is -0.270. The number of carbonyl (C=O) groups excluding carboxylic acids is 1. The van der Waals surface area contributed by atoms with Crippen molar-refractivity contribution in [1.82, 2.24) is 19.6 Å². The molecule has 1 amide bonds. The van der Waals surface area contributed by atoms with E-state index in [2.05, 4.69) is 15.5 Å². The van der Waals surface area contributed by atoms with Crippen LogP contribution in [0.4, 0.5) is 10.1 Å². The number of hydrogen-bond donors (Lipinski definition) is 1. The van der Waals surface area contributed by atoms with E-state index < -0.39 is 0 Å². The lowest BCUT2D eigenvalue weighted by molar-refractivity contribution is -0.116. The van der Waals surface area contributed by atoms with E-state index in [0.29, 0.717) is 23.8 Å². The molecule has 0 aliphatic rings. The summed E-state index contributed by atoms with van der Waals surface area (Å²) in [6, 6.07) is 6.29. The van der Waals surface area contributed by atoms with Gasteiger partial charge in [0.2, 0.25) is 5.91 Å². The Bertz CT molecular complexity index is 916. The van der Waals surface area contributed by atoms with Gasteiger partial charge in [-0.1, -0.05) is 23.7 Å². The van der Waals surface area contributed by atoms with Gasteiger partial charge in [0, 0.05) is 19.2 Å². The molecule has 3 rings (SSSR count). The van der Waals surface area contributed by atoms with E-state index in [-0.39, 0.29) is 18.1 Å². The van der Waals surface area contributed by atoms with Crippen molar-refractivity contribution in [2.75, 3.05) is 5.32 Å². The first-order valence-electron chi connectivity index (χ1n) is 8.18. The minimum Gasteiger partial charge on any atom is -0.323 e. The summed E-state index contributed by atoms with van der Waals surface area (Å²) in [5.74, 6) is -0.391. The Kier molecular flexibility index (Phi) is 5.37. The van der Waals surface area contributed by atoms with E-state index >= 15 is 0 Å². The summed E-state index contributed by atoms with van der Waals surface area (Å²) in [5.41, 5.74) is 3.23. The van der Waals surface area contributed by atoms with Gasteiger partial charge < -0.3 is 5.32 Å². The molecule has 0 saturated heterocycles. The van der Waals surface area contributed by atoms with Crippen LogP contribution in [0.5, 0.6) is 0 Å². The number of rotatable bonds is 6. The van der Waals surface area contributed by atoms with Gasteiger partial charge in [0.1, 0.15) is 5.82 Å². The van der Waals surface area contributed by atoms with Crippen LogP contribution < -0.4 is 5.32 Å². The Morgan fingerprint density at radius 1 is 1.27 bits per heavy atom. The number of amides is 1. The second-order valence-corrected chi connectivity index (χ2v) is 6.49. The summed E-state index contributed by atoms with van der Waals surface area (Å²) < 4.78 is 16.5. The van der Waals surface area contributed by atoms with Crippen LogP contribution in [0, 0.1) is 19.7 Å². The highest BCUT2D eigenvalue weighted by Crippen LogP contribution is 2.21. The van der Waals surface area contributed by atoms with E-state index in [0.717, 1.165) is 17.0 Å². The van der Waals surface area contributed by atoms with Gasteiger partial charge in [-0.05, 0) is 31.5 Å². The molecule has 0 radical (unpaired) electrons. The van der Waals surface area contributed by atoms with Crippen molar-refractivity contribution in [2.45, 2.75) is 33.4 Å². The molecule has 136 valence electrons. The topological polar surface area (TPSA) is 64.7 Å². The van der Waals surface area contributed by atoms with Crippen molar-refractivity contribution < 1.29 is 9.18 Å². The van der Waals surface area contributed by atoms with Crippen LogP contribution in [0.1, 0.15) is 23.4 Å². The van der Waals surface area contributed by atoms with E-state index in [1.165, 1.54) is 18.3 Å². The Morgan fingerprint density at radius 2 is 2.00 bits per heavy atom. The molecule has 0 spiro atoms. The van der Waals surface area contributed by atoms with Crippen LogP contribution in [-0.4, -0.2) is 25.5 Å². The summed E-state index contributed by atoms with van der Waals surface area (Å²) in [7, 11) is 0. The fourth-order valence-electron chi connectivity index (χ4n) is 2.67. The maximum absolute atomic E-state index is 13.0. The Balaban J connectivity index is 1.65. The Morgan fingerprint density at radius 3 is 2.65 bits per heavy atom. The molecule has 0 aliphatic heterocycles. The SMILES string of the molecule is Cc1nn(Cc2ccc(F)cc2)c(C)c1NC(=O)CCn1cc(Cl)cn1. The molecule has 2 aromatic heterocycles. The molecule has 0 fully saturated rings. The summed E-state index contributed by atoms with van der Waals surface area (Å²) in [6.45, 7) is 4.69. The standard InChI is InChI=1S/C18H19ClFN5O/c1-12-18(22-17(26)7-8-24-11-15(19)9-21-24)13(2)25(23-12)10-14-3-5-16(20)6-4-14/h3-6,9,11H,7-8,10H2,1-2H3,(H,22,26). The number of hydrogen-bond acceptors (Lipinski definition) is 3. The average Bonchev–Trinajstić information content (AvgIpc) is 3.13. The third-order valence-electron chi connectivity index (χ3n) is 4.06. The van der Waals surface area contributed by atoms with Gasteiger partial charge in [-0.25, -0.2) is 4.39 Å². The van der Waals surface area contributed by atoms with Crippen LogP contribution in [0.15, 0.2) is 36.7 Å². The predicted octanol–water partition coefficient (Wildman–Crippen LogP) is 3.57. The molecule has 3 aromatic rings. The lowest BCUT2D eigenvalue weighted by Crippen LogP contribution is -2.15. The number of carbonyl (C=O) groups is 1. The average molecular weight is 376 g/mol. The highest BCUT2D eigenvalue weighted by atomic mass is 35.5. The lowest BCUT2D eigenvalue weighted by atomic mass is 10.2. The van der Waals surface area contributed by atoms with Crippen molar-refractivity contribution >= 4 is 23.2 Å². The molecule has 0 aliphatic carbocycles. The summed E-state index contributed by atoms with van der Waals surface area (Å²) in [5, 5.41) is 12.0. The lowest BCUT2D eigenvalue weighted by Gasteiger charge is -2.08. The normalized spacial score (nSPS) is 10.9. The molecule has 6 nitrogen and oxygen atoms in total. The quantitative estimate of drug-likeness (QED) is 0.716. The molecular formula is C18H19ClFN5O. The second kappa shape index (κ2) is 7.70. The molecule has 1 N–H and O–H groups in total. The third kappa shape index (κ3) is 4.29. The maximum atomic E-state index is 13.0. The van der Waals surface area contributed by atoms with Gasteiger partial charge in [-0.2, -0.15) is 10.2 Å². The molecule has 0 unspecified atom stereocenters. The molecular weight excluding hydrogens is 357 g/mol. The predicted molar refractivity (Wildman–Crippen MR) is 97.7 cm³/mol. The van der Waals surface area contributed by atoms with Gasteiger partial charge in [0.05, 0.1) is 34.8 Å². The molecule has 1 aromatic carbocycles. The first-order chi connectivity index (χ1) is 12.4. The van der Waals surface area contributed by atoms with Crippen LogP contribution >= 0.6 is 11.6 Å². The number of halogens is 2. The summed E-state index contributed by atoms with van der Waals surface area (Å²) in [4.78, 5) is 12.2. The van der Waals surface area contributed by atoms with Gasteiger partial charge in [-0.15, -0.1) is 0 Å². The zero-order chi connectivity index (χ0) is 18.7. The smallest absolute Gasteiger partial charge is 0.226 e. The zero-order valence-corrected chi connectivity index (χ0v) is 15.3. The largest absolute Gasteiger partial charge is 0.323 e. The zero-order valence-electron chi connectivity index (χ0n) is 14.5. The molecule has 8 heteroatoms. The fourth-order valence-corrected chi connectivity index (χ4v) is 2.83. The van der Waals surface area contributed by atoms with E-state index in [1.807, 2.05) is 13.8 Å². The number of benzene rings is 1. The van der Waals surface area contributed by atoms with Crippen LogP contribution in [0.3, 0.4) is 0 Å². The monoisotopic (exact) mass is 375 g/mol. The van der Waals surface area contributed by atoms with Crippen molar-refractivity contribution in [3.8, 4) is 0 Å². The second-order valence-electron chi connectivity index (χ2n) is 6.05. The molecule has 26 heavy (non-hydrogen) atoms. The van der Waals surface area contributed by atoms with Crippen LogP contribution in [0.2, 0.25) is 5.02 Å². The van der Waals surface area contributed by atoms with Gasteiger partial charge in [0.15, 0.2) is 0 Å². The number of anilines is 1. The van der Waals surface area contributed by atoms with Crippen LogP contribution in [-0.2, 0) is 17.9 Å². The first-order valence-corrected chi connectivity index (χ1v) is 8.56. The highest BCUT2D eigenvalue weighted by Gasteiger charge is 2.14. The van der Waals surface area contributed by atoms with E-state index in [4.69, 9.17) is 11.6 Å². The molecule has 0 saturated carbocycles. The number of aryl methyl sites for hydroxylation is 2. The minimum absolute atomic E-state index is 0.121. The van der Waals surface area contributed by atoms with Gasteiger partial charge >= 0.3 is 0 Å². The summed E-state index contributed by atoms with van der Waals surface area (Å²) in [6.07, 6.45) is 3.49. The van der Waals surface area contributed by atoms with E-state index in [1.54, 1.807) is 27.7 Å². The van der Waals surface area contributed by atoms with Crippen LogP contribution in [0.25, 0.3) is 0 Å². The number of nitrogens with zero attached hydrogens (tertiary/aromatic N) is 4. The maximum Gasteiger partial charge on any atom is 0.226 e. The molecule has 2 heterocycles. The summed E-state index contributed by atoms with van der Waals surface area (Å²) >= 11 is 5.81. The van der Waals surface area contributed by atoms with Crippen molar-refractivity contribution in [3.63, 3.8) is 0 Å². The Labute approximate surface area is 155 Å². The molecule has 0 atom stereocenters. The van der Waals surface area contributed by atoms with Gasteiger partial charge in [0.25, 0.3) is 0 Å². The molecule has 0 bridgehead atoms. The number of aromatic nitrogens is 4. The highest BCUT2D eigenvalue weighted by molar-refractivity contribution is 6.30. The first kappa shape index (κ1) is 18.1. The Hall–Kier alpha value is -2.67. The van der Waals surface area contributed by atoms with E-state index in [9.17, 15) is 9.18 Å². The van der Waals surface area contributed by atoms with Gasteiger partial charge in [-0.3, -0.25) is 14.2 Å². The van der Waals surface area contributed by atoms with Crippen molar-refractivity contribution in [3.05, 3.63) is 64.5 Å². The third-order valence-corrected chi connectivity index (χ3v) is 4.26. The number of nitrogens with one attached hydrogen (secondary N) is 1. The van der Waals surface area contributed by atoms with Crippen molar-refractivity contribution in [2.24, 2.45) is 0 Å².